The molecule has 2 aromatic rings. The van der Waals surface area contributed by atoms with Crippen LogP contribution in [0.15, 0.2) is 30.3 Å². The van der Waals surface area contributed by atoms with Crippen LogP contribution in [0.4, 0.5) is 4.79 Å². The van der Waals surface area contributed by atoms with Crippen molar-refractivity contribution in [3.05, 3.63) is 47.5 Å². The zero-order valence-electron chi connectivity index (χ0n) is 13.6. The fourth-order valence-electron chi connectivity index (χ4n) is 2.88. The maximum atomic E-state index is 11.9. The molecule has 3 rings (SSSR count). The molecule has 128 valence electrons. The number of hydrogen-bond acceptors (Lipinski definition) is 4. The molecule has 2 amide bonds. The number of rotatable bonds is 5. The first-order chi connectivity index (χ1) is 11.7. The lowest BCUT2D eigenvalue weighted by Crippen LogP contribution is -2.38. The predicted molar refractivity (Wildman–Crippen MR) is 89.2 cm³/mol. The molecule has 2 heterocycles. The number of hydrogen-bond donors (Lipinski definition) is 3. The topological polar surface area (TPSA) is 92.1 Å². The Hall–Kier alpha value is -2.41. The number of fused-ring (bicyclic) bond motifs is 1. The molecular formula is C17H23N5O2. The standard InChI is InChI=1S/C17H23N5O2/c23-14(13-7-3-1-4-8-13)11-18-17(24)19-12-16-21-20-15-9-5-2-6-10-22(15)16/h1,3-4,7-8,14,23H,2,5-6,9-12H2,(H2,18,19,24)/t14-/m1/s1. The summed E-state index contributed by atoms with van der Waals surface area (Å²) in [5, 5.41) is 23.9. The molecule has 0 bridgehead atoms. The van der Waals surface area contributed by atoms with Gasteiger partial charge in [0.1, 0.15) is 5.82 Å². The van der Waals surface area contributed by atoms with Crippen molar-refractivity contribution in [2.45, 2.75) is 44.9 Å². The summed E-state index contributed by atoms with van der Waals surface area (Å²) in [6.07, 6.45) is 3.69. The average molecular weight is 329 g/mol. The zero-order valence-corrected chi connectivity index (χ0v) is 13.6. The number of aryl methyl sites for hydroxylation is 1. The highest BCUT2D eigenvalue weighted by molar-refractivity contribution is 5.73. The maximum absolute atomic E-state index is 11.9. The number of amides is 2. The third kappa shape index (κ3) is 4.11. The number of carbonyl (C=O) groups excluding carboxylic acids is 1. The monoisotopic (exact) mass is 329 g/mol. The quantitative estimate of drug-likeness (QED) is 0.776. The lowest BCUT2D eigenvalue weighted by molar-refractivity contribution is 0.173. The van der Waals surface area contributed by atoms with Gasteiger partial charge in [-0.1, -0.05) is 36.8 Å². The van der Waals surface area contributed by atoms with Gasteiger partial charge < -0.3 is 20.3 Å². The van der Waals surface area contributed by atoms with Crippen LogP contribution in [0.25, 0.3) is 0 Å². The van der Waals surface area contributed by atoms with Gasteiger partial charge in [-0.3, -0.25) is 0 Å². The molecule has 24 heavy (non-hydrogen) atoms. The van der Waals surface area contributed by atoms with E-state index in [1.54, 1.807) is 0 Å². The first-order valence-corrected chi connectivity index (χ1v) is 8.39. The number of benzene rings is 1. The fourth-order valence-corrected chi connectivity index (χ4v) is 2.88. The van der Waals surface area contributed by atoms with Crippen LogP contribution >= 0.6 is 0 Å². The normalized spacial score (nSPS) is 15.2. The SMILES string of the molecule is O=C(NCc1nnc2n1CCCCC2)NC[C@@H](O)c1ccccc1. The molecule has 0 aliphatic carbocycles. The second-order valence-corrected chi connectivity index (χ2v) is 5.98. The van der Waals surface area contributed by atoms with Crippen molar-refractivity contribution in [1.29, 1.82) is 0 Å². The third-order valence-corrected chi connectivity index (χ3v) is 4.23. The molecule has 0 saturated carbocycles. The summed E-state index contributed by atoms with van der Waals surface area (Å²) in [5.41, 5.74) is 0.778. The van der Waals surface area contributed by atoms with Gasteiger partial charge in [0.15, 0.2) is 5.82 Å². The van der Waals surface area contributed by atoms with Crippen LogP contribution in [0.5, 0.6) is 0 Å². The summed E-state index contributed by atoms with van der Waals surface area (Å²) in [6.45, 7) is 1.40. The van der Waals surface area contributed by atoms with Crippen molar-refractivity contribution in [2.24, 2.45) is 0 Å². The van der Waals surface area contributed by atoms with Crippen LogP contribution in [0.3, 0.4) is 0 Å². The highest BCUT2D eigenvalue weighted by atomic mass is 16.3. The van der Waals surface area contributed by atoms with Gasteiger partial charge in [-0.15, -0.1) is 10.2 Å². The molecule has 0 unspecified atom stereocenters. The van der Waals surface area contributed by atoms with Gasteiger partial charge >= 0.3 is 6.03 Å². The van der Waals surface area contributed by atoms with Gasteiger partial charge in [0.05, 0.1) is 12.6 Å². The Morgan fingerprint density at radius 1 is 1.17 bits per heavy atom. The third-order valence-electron chi connectivity index (χ3n) is 4.23. The van der Waals surface area contributed by atoms with Crippen molar-refractivity contribution in [3.63, 3.8) is 0 Å². The number of nitrogens with one attached hydrogen (secondary N) is 2. The second kappa shape index (κ2) is 7.92. The van der Waals surface area contributed by atoms with Crippen LogP contribution in [0.2, 0.25) is 0 Å². The highest BCUT2D eigenvalue weighted by Gasteiger charge is 2.15. The number of aliphatic hydroxyl groups excluding tert-OH is 1. The van der Waals surface area contributed by atoms with Gasteiger partial charge in [-0.25, -0.2) is 4.79 Å². The minimum atomic E-state index is -0.721. The Bertz CT molecular complexity index is 671. The summed E-state index contributed by atoms with van der Waals surface area (Å²) < 4.78 is 2.10. The number of aromatic nitrogens is 3. The molecule has 1 aromatic carbocycles. The van der Waals surface area contributed by atoms with E-state index in [0.717, 1.165) is 43.0 Å². The van der Waals surface area contributed by atoms with E-state index in [1.807, 2.05) is 30.3 Å². The van der Waals surface area contributed by atoms with Crippen molar-refractivity contribution in [2.75, 3.05) is 6.54 Å². The Morgan fingerprint density at radius 2 is 2.00 bits per heavy atom. The van der Waals surface area contributed by atoms with E-state index in [9.17, 15) is 9.90 Å². The van der Waals surface area contributed by atoms with E-state index in [2.05, 4.69) is 25.4 Å². The molecule has 0 saturated heterocycles. The van der Waals surface area contributed by atoms with Crippen LogP contribution in [-0.2, 0) is 19.5 Å². The molecule has 1 aliphatic rings. The van der Waals surface area contributed by atoms with Crippen molar-refractivity contribution in [1.82, 2.24) is 25.4 Å². The Kier molecular flexibility index (Phi) is 5.43. The van der Waals surface area contributed by atoms with E-state index in [-0.39, 0.29) is 12.6 Å². The summed E-state index contributed by atoms with van der Waals surface area (Å²) in [4.78, 5) is 11.9. The molecule has 0 radical (unpaired) electrons. The first-order valence-electron chi connectivity index (χ1n) is 8.39. The van der Waals surface area contributed by atoms with Crippen LogP contribution in [-0.4, -0.2) is 32.4 Å². The molecular weight excluding hydrogens is 306 g/mol. The number of carbonyl (C=O) groups is 1. The van der Waals surface area contributed by atoms with Crippen molar-refractivity contribution >= 4 is 6.03 Å². The molecule has 1 aliphatic heterocycles. The maximum Gasteiger partial charge on any atom is 0.315 e. The molecule has 1 aromatic heterocycles. The smallest absolute Gasteiger partial charge is 0.315 e. The number of aliphatic hydroxyl groups is 1. The zero-order chi connectivity index (χ0) is 16.8. The summed E-state index contributed by atoms with van der Waals surface area (Å²) in [5.74, 6) is 1.79. The first kappa shape index (κ1) is 16.4. The summed E-state index contributed by atoms with van der Waals surface area (Å²) in [7, 11) is 0. The Labute approximate surface area is 141 Å². The van der Waals surface area contributed by atoms with Crippen LogP contribution < -0.4 is 10.6 Å². The van der Waals surface area contributed by atoms with Crippen LogP contribution in [0.1, 0.15) is 42.6 Å². The Balaban J connectivity index is 1.47. The molecule has 3 N–H and O–H groups in total. The number of nitrogens with zero attached hydrogens (tertiary/aromatic N) is 3. The molecule has 7 nitrogen and oxygen atoms in total. The minimum absolute atomic E-state index is 0.161. The van der Waals surface area contributed by atoms with Gasteiger partial charge in [0.2, 0.25) is 0 Å². The lowest BCUT2D eigenvalue weighted by Gasteiger charge is -2.13. The van der Waals surface area contributed by atoms with Crippen LogP contribution in [0, 0.1) is 0 Å². The van der Waals surface area contributed by atoms with Gasteiger partial charge in [-0.05, 0) is 18.4 Å². The van der Waals surface area contributed by atoms with E-state index >= 15 is 0 Å². The van der Waals surface area contributed by atoms with Gasteiger partial charge in [-0.2, -0.15) is 0 Å². The largest absolute Gasteiger partial charge is 0.387 e. The van der Waals surface area contributed by atoms with E-state index in [4.69, 9.17) is 0 Å². The Morgan fingerprint density at radius 3 is 2.83 bits per heavy atom. The molecule has 0 fully saturated rings. The van der Waals surface area contributed by atoms with Gasteiger partial charge in [0, 0.05) is 19.5 Å². The average Bonchev–Trinajstić information content (AvgIpc) is 2.85. The lowest BCUT2D eigenvalue weighted by atomic mass is 10.1. The van der Waals surface area contributed by atoms with Crippen molar-refractivity contribution < 1.29 is 9.90 Å². The van der Waals surface area contributed by atoms with Gasteiger partial charge in [0.25, 0.3) is 0 Å². The molecule has 1 atom stereocenters. The fraction of sp³-hybridized carbons (Fsp3) is 0.471. The van der Waals surface area contributed by atoms with Crippen molar-refractivity contribution in [3.8, 4) is 0 Å². The predicted octanol–water partition coefficient (Wildman–Crippen LogP) is 1.54. The van der Waals surface area contributed by atoms with E-state index in [0.29, 0.717) is 6.54 Å². The minimum Gasteiger partial charge on any atom is -0.387 e. The number of urea groups is 1. The summed E-state index contributed by atoms with van der Waals surface area (Å²) in [6, 6.07) is 8.94. The second-order valence-electron chi connectivity index (χ2n) is 5.98. The summed E-state index contributed by atoms with van der Waals surface area (Å²) >= 11 is 0. The highest BCUT2D eigenvalue weighted by Crippen LogP contribution is 2.14. The van der Waals surface area contributed by atoms with E-state index in [1.165, 1.54) is 6.42 Å². The molecule has 0 spiro atoms. The van der Waals surface area contributed by atoms with E-state index < -0.39 is 6.10 Å². The molecule has 7 heteroatoms.